The zero-order valence-corrected chi connectivity index (χ0v) is 15.6. The van der Waals surface area contributed by atoms with Crippen LogP contribution in [0, 0.1) is 11.6 Å². The van der Waals surface area contributed by atoms with Crippen LogP contribution in [-0.2, 0) is 13.1 Å². The second-order valence-corrected chi connectivity index (χ2v) is 6.94. The number of piperazine rings is 1. The van der Waals surface area contributed by atoms with Crippen molar-refractivity contribution in [2.75, 3.05) is 33.4 Å². The first-order chi connectivity index (χ1) is 13.1. The van der Waals surface area contributed by atoms with Gasteiger partial charge in [0.25, 0.3) is 0 Å². The van der Waals surface area contributed by atoms with E-state index in [1.165, 1.54) is 6.07 Å². The molecule has 1 N–H and O–H groups in total. The number of aliphatic hydroxyl groups excluding tert-OH is 1. The summed E-state index contributed by atoms with van der Waals surface area (Å²) in [5.41, 5.74) is 1.53. The molecule has 146 valence electrons. The summed E-state index contributed by atoms with van der Waals surface area (Å²) in [6, 6.07) is 12.4. The highest BCUT2D eigenvalue weighted by molar-refractivity contribution is 5.28. The molecule has 0 radical (unpaired) electrons. The number of hydrogen-bond donors (Lipinski definition) is 1. The number of nitrogens with zero attached hydrogens (tertiary/aromatic N) is 2. The third-order valence-corrected chi connectivity index (χ3v) is 5.10. The minimum atomic E-state index is -0.809. The summed E-state index contributed by atoms with van der Waals surface area (Å²) in [7, 11) is 1.65. The van der Waals surface area contributed by atoms with Crippen molar-refractivity contribution in [3.63, 3.8) is 0 Å². The molecule has 1 atom stereocenters. The van der Waals surface area contributed by atoms with Gasteiger partial charge in [0.2, 0.25) is 0 Å². The maximum Gasteiger partial charge on any atom is 0.163 e. The molecule has 1 aliphatic rings. The van der Waals surface area contributed by atoms with E-state index in [1.807, 2.05) is 18.2 Å². The van der Waals surface area contributed by atoms with Crippen LogP contribution in [0.2, 0.25) is 0 Å². The molecular formula is C21H26F2N2O2. The molecule has 0 spiro atoms. The molecule has 1 aliphatic heterocycles. The van der Waals surface area contributed by atoms with E-state index in [0.717, 1.165) is 37.0 Å². The molecule has 1 fully saturated rings. The van der Waals surface area contributed by atoms with Crippen LogP contribution in [0.3, 0.4) is 0 Å². The van der Waals surface area contributed by atoms with Crippen LogP contribution >= 0.6 is 0 Å². The zero-order valence-electron chi connectivity index (χ0n) is 15.6. The average Bonchev–Trinajstić information content (AvgIpc) is 2.68. The lowest BCUT2D eigenvalue weighted by atomic mass is 10.1. The molecule has 0 amide bonds. The number of ether oxygens (including phenoxy) is 1. The molecule has 27 heavy (non-hydrogen) atoms. The van der Waals surface area contributed by atoms with Crippen molar-refractivity contribution < 1.29 is 18.6 Å². The van der Waals surface area contributed by atoms with Gasteiger partial charge in [-0.25, -0.2) is 8.78 Å². The largest absolute Gasteiger partial charge is 0.497 e. The van der Waals surface area contributed by atoms with E-state index in [4.69, 9.17) is 4.74 Å². The number of methoxy groups -OCH3 is 1. The molecule has 3 rings (SSSR count). The van der Waals surface area contributed by atoms with Crippen molar-refractivity contribution in [2.24, 2.45) is 0 Å². The molecular weight excluding hydrogens is 350 g/mol. The third-order valence-electron chi connectivity index (χ3n) is 5.10. The summed E-state index contributed by atoms with van der Waals surface area (Å²) in [4.78, 5) is 4.46. The van der Waals surface area contributed by atoms with Crippen molar-refractivity contribution in [1.82, 2.24) is 9.80 Å². The molecule has 6 heteroatoms. The van der Waals surface area contributed by atoms with Crippen LogP contribution in [0.25, 0.3) is 0 Å². The van der Waals surface area contributed by atoms with Crippen LogP contribution in [0.15, 0.2) is 42.5 Å². The second-order valence-electron chi connectivity index (χ2n) is 6.94. The van der Waals surface area contributed by atoms with Gasteiger partial charge in [-0.1, -0.05) is 24.3 Å². The maximum atomic E-state index is 14.0. The minimum absolute atomic E-state index is 0.0987. The van der Waals surface area contributed by atoms with Gasteiger partial charge in [-0.2, -0.15) is 0 Å². The fraction of sp³-hybridized carbons (Fsp3) is 0.429. The Morgan fingerprint density at radius 1 is 1.11 bits per heavy atom. The van der Waals surface area contributed by atoms with Gasteiger partial charge in [-0.3, -0.25) is 9.80 Å². The topological polar surface area (TPSA) is 35.9 Å². The van der Waals surface area contributed by atoms with Crippen LogP contribution < -0.4 is 4.74 Å². The van der Waals surface area contributed by atoms with Crippen molar-refractivity contribution in [2.45, 2.75) is 25.6 Å². The van der Waals surface area contributed by atoms with Crippen LogP contribution in [-0.4, -0.2) is 54.3 Å². The van der Waals surface area contributed by atoms with Gasteiger partial charge in [0.05, 0.1) is 7.11 Å². The van der Waals surface area contributed by atoms with E-state index in [0.29, 0.717) is 25.1 Å². The van der Waals surface area contributed by atoms with E-state index in [2.05, 4.69) is 15.9 Å². The normalized spacial score (nSPS) is 18.6. The Hall–Kier alpha value is -2.02. The molecule has 4 nitrogen and oxygen atoms in total. The van der Waals surface area contributed by atoms with Crippen LogP contribution in [0.1, 0.15) is 17.5 Å². The lowest BCUT2D eigenvalue weighted by Crippen LogP contribution is -2.52. The van der Waals surface area contributed by atoms with Gasteiger partial charge in [-0.15, -0.1) is 0 Å². The minimum Gasteiger partial charge on any atom is -0.497 e. The molecule has 1 saturated heterocycles. The number of hydrogen-bond acceptors (Lipinski definition) is 4. The van der Waals surface area contributed by atoms with Crippen molar-refractivity contribution >= 4 is 0 Å². The fourth-order valence-corrected chi connectivity index (χ4v) is 3.65. The van der Waals surface area contributed by atoms with Crippen molar-refractivity contribution in [3.05, 3.63) is 65.2 Å². The summed E-state index contributed by atoms with van der Waals surface area (Å²) in [5.74, 6) is -0.752. The smallest absolute Gasteiger partial charge is 0.163 e. The molecule has 2 aromatic rings. The molecule has 1 heterocycles. The fourth-order valence-electron chi connectivity index (χ4n) is 3.65. The number of aliphatic hydroxyl groups is 1. The monoisotopic (exact) mass is 376 g/mol. The Balaban J connectivity index is 1.66. The SMILES string of the molecule is COc1cccc(CN2CCN(Cc3cccc(F)c3F)C[C@H]2CCO)c1. The molecule has 0 aromatic heterocycles. The molecule has 2 aromatic carbocycles. The Labute approximate surface area is 159 Å². The van der Waals surface area contributed by atoms with Crippen molar-refractivity contribution in [1.29, 1.82) is 0 Å². The van der Waals surface area contributed by atoms with Crippen LogP contribution in [0.5, 0.6) is 5.75 Å². The Kier molecular flexibility index (Phi) is 6.77. The van der Waals surface area contributed by atoms with Gasteiger partial charge in [0.15, 0.2) is 11.6 Å². The van der Waals surface area contributed by atoms with E-state index >= 15 is 0 Å². The standard InChI is InChI=1S/C21H26F2N2O2/c1-27-19-6-2-4-16(12-19)13-25-10-9-24(15-18(25)8-11-26)14-17-5-3-7-20(22)21(17)23/h2-7,12,18,26H,8-11,13-15H2,1H3/t18-/m1/s1. The van der Waals surface area contributed by atoms with E-state index in [9.17, 15) is 13.9 Å². The maximum absolute atomic E-state index is 14.0. The average molecular weight is 376 g/mol. The summed E-state index contributed by atoms with van der Waals surface area (Å²) in [6.07, 6.45) is 0.645. The quantitative estimate of drug-likeness (QED) is 0.806. The lowest BCUT2D eigenvalue weighted by Gasteiger charge is -2.41. The first-order valence-corrected chi connectivity index (χ1v) is 9.23. The summed E-state index contributed by atoms with van der Waals surface area (Å²) in [6.45, 7) is 3.52. The van der Waals surface area contributed by atoms with Gasteiger partial charge in [-0.05, 0) is 30.2 Å². The highest BCUT2D eigenvalue weighted by Gasteiger charge is 2.27. The lowest BCUT2D eigenvalue weighted by molar-refractivity contribution is 0.0493. The highest BCUT2D eigenvalue weighted by atomic mass is 19.2. The molecule has 0 unspecified atom stereocenters. The summed E-state index contributed by atoms with van der Waals surface area (Å²) < 4.78 is 32.7. The molecule has 0 saturated carbocycles. The molecule has 0 aliphatic carbocycles. The van der Waals surface area contributed by atoms with E-state index < -0.39 is 11.6 Å². The Bertz CT molecular complexity index is 757. The van der Waals surface area contributed by atoms with Gasteiger partial charge in [0.1, 0.15) is 5.75 Å². The molecule has 0 bridgehead atoms. The Morgan fingerprint density at radius 3 is 2.70 bits per heavy atom. The second kappa shape index (κ2) is 9.26. The third kappa shape index (κ3) is 5.03. The van der Waals surface area contributed by atoms with Crippen LogP contribution in [0.4, 0.5) is 8.78 Å². The van der Waals surface area contributed by atoms with Gasteiger partial charge < -0.3 is 9.84 Å². The Morgan fingerprint density at radius 2 is 1.93 bits per heavy atom. The highest BCUT2D eigenvalue weighted by Crippen LogP contribution is 2.21. The summed E-state index contributed by atoms with van der Waals surface area (Å²) >= 11 is 0. The predicted molar refractivity (Wildman–Crippen MR) is 101 cm³/mol. The number of benzene rings is 2. The first-order valence-electron chi connectivity index (χ1n) is 9.23. The number of halogens is 2. The van der Waals surface area contributed by atoms with E-state index in [1.54, 1.807) is 13.2 Å². The van der Waals surface area contributed by atoms with E-state index in [-0.39, 0.29) is 12.6 Å². The van der Waals surface area contributed by atoms with Gasteiger partial charge >= 0.3 is 0 Å². The first kappa shape index (κ1) is 19.7. The predicted octanol–water partition coefficient (Wildman–Crippen LogP) is 3.04. The van der Waals surface area contributed by atoms with Gasteiger partial charge in [0, 0.05) is 50.9 Å². The van der Waals surface area contributed by atoms with Crippen molar-refractivity contribution in [3.8, 4) is 5.75 Å². The zero-order chi connectivity index (χ0) is 19.2. The number of rotatable bonds is 7. The summed E-state index contributed by atoms with van der Waals surface area (Å²) in [5, 5.41) is 9.47.